The molecule has 0 unspecified atom stereocenters. The molecule has 18 heavy (non-hydrogen) atoms. The fraction of sp³-hybridized carbons (Fsp3) is 0.250. The van der Waals surface area contributed by atoms with Crippen LogP contribution in [0.2, 0.25) is 0 Å². The summed E-state index contributed by atoms with van der Waals surface area (Å²) in [7, 11) is 0. The molecule has 0 saturated carbocycles. The first-order valence-electron chi connectivity index (χ1n) is 6.47. The van der Waals surface area contributed by atoms with Crippen molar-refractivity contribution in [1.82, 2.24) is 0 Å². The number of benzene rings is 2. The number of hydrogen-bond acceptors (Lipinski definition) is 2. The van der Waals surface area contributed by atoms with Gasteiger partial charge in [0.15, 0.2) is 0 Å². The van der Waals surface area contributed by atoms with Crippen LogP contribution < -0.4 is 11.5 Å². The van der Waals surface area contributed by atoms with E-state index in [1.807, 2.05) is 0 Å². The zero-order chi connectivity index (χ0) is 12.5. The fourth-order valence-corrected chi connectivity index (χ4v) is 2.61. The molecule has 0 atom stereocenters. The lowest BCUT2D eigenvalue weighted by Gasteiger charge is -2.13. The maximum absolute atomic E-state index is 6.10. The van der Waals surface area contributed by atoms with Crippen LogP contribution in [0.3, 0.4) is 0 Å². The summed E-state index contributed by atoms with van der Waals surface area (Å²) in [6, 6.07) is 13.0. The number of anilines is 2. The van der Waals surface area contributed by atoms with E-state index in [4.69, 9.17) is 11.5 Å². The largest absolute Gasteiger partial charge is 0.398 e. The van der Waals surface area contributed by atoms with Gasteiger partial charge in [-0.1, -0.05) is 24.3 Å². The smallest absolute Gasteiger partial charge is 0.0349 e. The van der Waals surface area contributed by atoms with Crippen molar-refractivity contribution in [2.24, 2.45) is 0 Å². The molecule has 0 aliphatic heterocycles. The van der Waals surface area contributed by atoms with Crippen LogP contribution in [0.15, 0.2) is 36.4 Å². The minimum atomic E-state index is 0.918. The van der Waals surface area contributed by atoms with Crippen LogP contribution in [0.4, 0.5) is 11.4 Å². The molecule has 0 spiro atoms. The van der Waals surface area contributed by atoms with Crippen LogP contribution in [-0.4, -0.2) is 0 Å². The second kappa shape index (κ2) is 4.37. The zero-order valence-electron chi connectivity index (χ0n) is 10.4. The molecular formula is C16H18N2. The van der Waals surface area contributed by atoms with Gasteiger partial charge in [0.05, 0.1) is 0 Å². The van der Waals surface area contributed by atoms with Gasteiger partial charge in [-0.15, -0.1) is 0 Å². The molecule has 0 fully saturated rings. The lowest BCUT2D eigenvalue weighted by Crippen LogP contribution is -2.04. The molecule has 0 radical (unpaired) electrons. The lowest BCUT2D eigenvalue weighted by atomic mass is 9.95. The maximum Gasteiger partial charge on any atom is 0.0349 e. The monoisotopic (exact) mass is 238 g/mol. The van der Waals surface area contributed by atoms with Crippen molar-refractivity contribution in [2.75, 3.05) is 11.5 Å². The molecule has 0 aromatic heterocycles. The Bertz CT molecular complexity index is 534. The Morgan fingerprint density at radius 1 is 0.611 bits per heavy atom. The highest BCUT2D eigenvalue weighted by Crippen LogP contribution is 2.23. The van der Waals surface area contributed by atoms with Crippen molar-refractivity contribution < 1.29 is 0 Å². The Balaban J connectivity index is 2.04. The van der Waals surface area contributed by atoms with E-state index in [0.717, 1.165) is 37.1 Å². The topological polar surface area (TPSA) is 52.0 Å². The highest BCUT2D eigenvalue weighted by molar-refractivity contribution is 5.53. The van der Waals surface area contributed by atoms with Gasteiger partial charge in [-0.05, 0) is 60.1 Å². The van der Waals surface area contributed by atoms with Crippen LogP contribution in [-0.2, 0) is 25.7 Å². The summed E-state index contributed by atoms with van der Waals surface area (Å²) in [6.45, 7) is 0. The predicted octanol–water partition coefficient (Wildman–Crippen LogP) is 2.73. The summed E-state index contributed by atoms with van der Waals surface area (Å²) in [4.78, 5) is 0. The van der Waals surface area contributed by atoms with E-state index in [1.54, 1.807) is 0 Å². The molecule has 2 nitrogen and oxygen atoms in total. The van der Waals surface area contributed by atoms with Gasteiger partial charge >= 0.3 is 0 Å². The molecule has 6 rings (SSSR count). The molecule has 4 aliphatic carbocycles. The molecule has 2 aromatic rings. The van der Waals surface area contributed by atoms with Crippen molar-refractivity contribution in [3.63, 3.8) is 0 Å². The van der Waals surface area contributed by atoms with Crippen molar-refractivity contribution in [1.29, 1.82) is 0 Å². The SMILES string of the molecule is Nc1cc2ccc1CCc1ccc(cc1N)CC2. The minimum absolute atomic E-state index is 0.918. The normalized spacial score (nSPS) is 14.2. The molecule has 92 valence electrons. The van der Waals surface area contributed by atoms with E-state index in [0.29, 0.717) is 0 Å². The second-order valence-electron chi connectivity index (χ2n) is 5.07. The van der Waals surface area contributed by atoms with Gasteiger partial charge in [-0.3, -0.25) is 0 Å². The van der Waals surface area contributed by atoms with E-state index in [2.05, 4.69) is 36.4 Å². The second-order valence-corrected chi connectivity index (χ2v) is 5.07. The summed E-state index contributed by atoms with van der Waals surface area (Å²) in [5.74, 6) is 0. The van der Waals surface area contributed by atoms with Crippen molar-refractivity contribution in [3.05, 3.63) is 58.7 Å². The van der Waals surface area contributed by atoms with Crippen LogP contribution in [0.25, 0.3) is 0 Å². The number of nitrogen functional groups attached to an aromatic ring is 2. The molecule has 4 bridgehead atoms. The molecule has 4 aliphatic rings. The van der Waals surface area contributed by atoms with E-state index in [9.17, 15) is 0 Å². The number of hydrogen-bond donors (Lipinski definition) is 2. The number of aryl methyl sites for hydroxylation is 4. The van der Waals surface area contributed by atoms with Crippen molar-refractivity contribution in [3.8, 4) is 0 Å². The first-order valence-corrected chi connectivity index (χ1v) is 6.47. The number of nitrogens with two attached hydrogens (primary N) is 2. The third-order valence-electron chi connectivity index (χ3n) is 3.79. The third-order valence-corrected chi connectivity index (χ3v) is 3.79. The van der Waals surface area contributed by atoms with Gasteiger partial charge in [-0.25, -0.2) is 0 Å². The first-order chi connectivity index (χ1) is 8.72. The predicted molar refractivity (Wildman–Crippen MR) is 76.5 cm³/mol. The first kappa shape index (κ1) is 11.1. The Kier molecular flexibility index (Phi) is 2.71. The average molecular weight is 238 g/mol. The zero-order valence-corrected chi connectivity index (χ0v) is 10.4. The van der Waals surface area contributed by atoms with Gasteiger partial charge in [0.2, 0.25) is 0 Å². The lowest BCUT2D eigenvalue weighted by molar-refractivity contribution is 0.926. The highest BCUT2D eigenvalue weighted by Gasteiger charge is 2.07. The maximum atomic E-state index is 6.10. The number of rotatable bonds is 0. The summed E-state index contributed by atoms with van der Waals surface area (Å²) in [6.07, 6.45) is 3.94. The van der Waals surface area contributed by atoms with Gasteiger partial charge in [0.1, 0.15) is 0 Å². The molecule has 2 heteroatoms. The molecule has 4 N–H and O–H groups in total. The Labute approximate surface area is 108 Å². The Morgan fingerprint density at radius 3 is 1.44 bits per heavy atom. The standard InChI is InChI=1S/C16H18N2/c17-15-9-11-1-2-12-4-6-14(16(18)10-12)8-7-13(15)5-3-11/h3-6,9-10H,1-2,7-8,17-18H2. The Hall–Kier alpha value is -1.96. The van der Waals surface area contributed by atoms with Crippen molar-refractivity contribution in [2.45, 2.75) is 25.7 Å². The highest BCUT2D eigenvalue weighted by atomic mass is 14.6. The van der Waals surface area contributed by atoms with E-state index in [-0.39, 0.29) is 0 Å². The van der Waals surface area contributed by atoms with E-state index >= 15 is 0 Å². The molecule has 0 saturated heterocycles. The third kappa shape index (κ3) is 2.06. The van der Waals surface area contributed by atoms with Gasteiger partial charge in [0, 0.05) is 11.4 Å². The summed E-state index contributed by atoms with van der Waals surface area (Å²) >= 11 is 0. The summed E-state index contributed by atoms with van der Waals surface area (Å²) in [5, 5.41) is 0. The molecule has 0 heterocycles. The minimum Gasteiger partial charge on any atom is -0.398 e. The van der Waals surface area contributed by atoms with Gasteiger partial charge in [-0.2, -0.15) is 0 Å². The van der Waals surface area contributed by atoms with Gasteiger partial charge < -0.3 is 11.5 Å². The van der Waals surface area contributed by atoms with Gasteiger partial charge in [0.25, 0.3) is 0 Å². The Morgan fingerprint density at radius 2 is 1.06 bits per heavy atom. The molecule has 0 amide bonds. The van der Waals surface area contributed by atoms with E-state index in [1.165, 1.54) is 22.3 Å². The van der Waals surface area contributed by atoms with Crippen molar-refractivity contribution >= 4 is 11.4 Å². The van der Waals surface area contributed by atoms with Crippen LogP contribution in [0.5, 0.6) is 0 Å². The van der Waals surface area contributed by atoms with E-state index < -0.39 is 0 Å². The van der Waals surface area contributed by atoms with Crippen LogP contribution in [0.1, 0.15) is 22.3 Å². The summed E-state index contributed by atoms with van der Waals surface area (Å²) < 4.78 is 0. The molecule has 2 aromatic carbocycles. The quantitative estimate of drug-likeness (QED) is 0.693. The van der Waals surface area contributed by atoms with Crippen LogP contribution >= 0.6 is 0 Å². The molecular weight excluding hydrogens is 220 g/mol. The average Bonchev–Trinajstić information content (AvgIpc) is 2.34. The van der Waals surface area contributed by atoms with Crippen LogP contribution in [0, 0.1) is 0 Å². The fourth-order valence-electron chi connectivity index (χ4n) is 2.61. The summed E-state index contributed by atoms with van der Waals surface area (Å²) in [5.41, 5.74) is 19.1.